The van der Waals surface area contributed by atoms with Gasteiger partial charge >= 0.3 is 0 Å². The number of piperidine rings is 1. The fourth-order valence-electron chi connectivity index (χ4n) is 4.08. The molecule has 0 amide bonds. The molecular formula is C19H31N3O. The Hall–Kier alpha value is -1.10. The molecule has 0 aliphatic carbocycles. The zero-order chi connectivity index (χ0) is 16.2. The maximum atomic E-state index is 5.88. The average Bonchev–Trinajstić information content (AvgIpc) is 2.48. The fraction of sp³-hybridized carbons (Fsp3) is 0.684. The number of likely N-dealkylation sites (tertiary alicyclic amines) is 1. The number of morpholine rings is 1. The van der Waals surface area contributed by atoms with Crippen LogP contribution in [0.4, 0.5) is 5.69 Å². The third-order valence-electron chi connectivity index (χ3n) is 5.08. The highest BCUT2D eigenvalue weighted by atomic mass is 16.5. The summed E-state index contributed by atoms with van der Waals surface area (Å²) in [7, 11) is 0. The number of ether oxygens (including phenoxy) is 1. The zero-order valence-corrected chi connectivity index (χ0v) is 14.6. The first-order valence-electron chi connectivity index (χ1n) is 9.03. The van der Waals surface area contributed by atoms with Crippen LogP contribution in [0.3, 0.4) is 0 Å². The molecule has 4 heteroatoms. The molecule has 4 nitrogen and oxygen atoms in total. The third kappa shape index (κ3) is 4.93. The van der Waals surface area contributed by atoms with Gasteiger partial charge in [0.05, 0.1) is 12.2 Å². The number of nitrogens with zero attached hydrogens (tertiary/aromatic N) is 2. The van der Waals surface area contributed by atoms with Crippen LogP contribution in [0, 0.1) is 5.92 Å². The summed E-state index contributed by atoms with van der Waals surface area (Å²) in [5.41, 5.74) is 8.08. The summed E-state index contributed by atoms with van der Waals surface area (Å²) in [6, 6.07) is 8.29. The number of rotatable bonds is 4. The van der Waals surface area contributed by atoms with Crippen molar-refractivity contribution in [2.75, 3.05) is 38.5 Å². The van der Waals surface area contributed by atoms with Crippen LogP contribution in [0.1, 0.15) is 32.3 Å². The van der Waals surface area contributed by atoms with Gasteiger partial charge in [-0.25, -0.2) is 0 Å². The first kappa shape index (κ1) is 16.7. The van der Waals surface area contributed by atoms with Crippen molar-refractivity contribution in [3.8, 4) is 0 Å². The molecule has 2 heterocycles. The van der Waals surface area contributed by atoms with E-state index in [4.69, 9.17) is 10.5 Å². The summed E-state index contributed by atoms with van der Waals surface area (Å²) in [6.45, 7) is 11.2. The van der Waals surface area contributed by atoms with Crippen LogP contribution < -0.4 is 5.73 Å². The molecule has 2 fully saturated rings. The predicted octanol–water partition coefficient (Wildman–Crippen LogP) is 2.59. The van der Waals surface area contributed by atoms with Crippen molar-refractivity contribution in [2.45, 2.75) is 45.4 Å². The molecule has 128 valence electrons. The molecule has 3 rings (SSSR count). The molecule has 1 aromatic rings. The Morgan fingerprint density at radius 2 is 1.78 bits per heavy atom. The topological polar surface area (TPSA) is 41.7 Å². The predicted molar refractivity (Wildman–Crippen MR) is 95.3 cm³/mol. The maximum absolute atomic E-state index is 5.88. The van der Waals surface area contributed by atoms with Crippen LogP contribution in [0.15, 0.2) is 24.3 Å². The van der Waals surface area contributed by atoms with Crippen LogP contribution in [0.2, 0.25) is 0 Å². The summed E-state index contributed by atoms with van der Waals surface area (Å²) < 4.78 is 5.84. The highest BCUT2D eigenvalue weighted by Crippen LogP contribution is 2.22. The summed E-state index contributed by atoms with van der Waals surface area (Å²) >= 11 is 0. The van der Waals surface area contributed by atoms with E-state index in [0.29, 0.717) is 12.2 Å². The van der Waals surface area contributed by atoms with Crippen molar-refractivity contribution >= 4 is 5.69 Å². The van der Waals surface area contributed by atoms with Gasteiger partial charge in [0.15, 0.2) is 0 Å². The number of nitrogen functional groups attached to an aromatic ring is 1. The van der Waals surface area contributed by atoms with Gasteiger partial charge in [0.2, 0.25) is 0 Å². The highest BCUT2D eigenvalue weighted by Gasteiger charge is 2.26. The molecule has 2 unspecified atom stereocenters. The minimum Gasteiger partial charge on any atom is -0.399 e. The van der Waals surface area contributed by atoms with Gasteiger partial charge in [0, 0.05) is 31.9 Å². The molecule has 0 aromatic heterocycles. The second-order valence-corrected chi connectivity index (χ2v) is 7.44. The molecule has 0 bridgehead atoms. The van der Waals surface area contributed by atoms with Crippen LogP contribution in [-0.4, -0.2) is 54.7 Å². The van der Waals surface area contributed by atoms with Gasteiger partial charge in [0.25, 0.3) is 0 Å². The van der Waals surface area contributed by atoms with Crippen molar-refractivity contribution in [3.05, 3.63) is 29.8 Å². The number of hydrogen-bond donors (Lipinski definition) is 1. The van der Waals surface area contributed by atoms with Crippen molar-refractivity contribution in [1.82, 2.24) is 9.80 Å². The van der Waals surface area contributed by atoms with Crippen LogP contribution >= 0.6 is 0 Å². The molecule has 23 heavy (non-hydrogen) atoms. The quantitative estimate of drug-likeness (QED) is 0.867. The lowest BCUT2D eigenvalue weighted by Crippen LogP contribution is -2.48. The monoisotopic (exact) mass is 317 g/mol. The largest absolute Gasteiger partial charge is 0.399 e. The smallest absolute Gasteiger partial charge is 0.0678 e. The summed E-state index contributed by atoms with van der Waals surface area (Å²) in [5.74, 6) is 0.838. The van der Waals surface area contributed by atoms with Gasteiger partial charge in [-0.15, -0.1) is 0 Å². The van der Waals surface area contributed by atoms with E-state index < -0.39 is 0 Å². The molecule has 0 saturated carbocycles. The Labute approximate surface area is 140 Å². The Kier molecular flexibility index (Phi) is 5.57. The number of benzene rings is 1. The third-order valence-corrected chi connectivity index (χ3v) is 5.08. The van der Waals surface area contributed by atoms with E-state index in [-0.39, 0.29) is 0 Å². The molecule has 0 radical (unpaired) electrons. The first-order chi connectivity index (χ1) is 11.1. The van der Waals surface area contributed by atoms with E-state index in [1.54, 1.807) is 0 Å². The van der Waals surface area contributed by atoms with Gasteiger partial charge in [-0.3, -0.25) is 9.80 Å². The molecular weight excluding hydrogens is 286 g/mol. The number of anilines is 1. The molecule has 2 saturated heterocycles. The number of hydrogen-bond acceptors (Lipinski definition) is 4. The maximum Gasteiger partial charge on any atom is 0.0678 e. The lowest BCUT2D eigenvalue weighted by atomic mass is 9.95. The Bertz CT molecular complexity index is 489. The minimum absolute atomic E-state index is 0.377. The summed E-state index contributed by atoms with van der Waals surface area (Å²) in [5, 5.41) is 0. The standard InChI is InChI=1S/C19H31N3O/c1-15-11-22(12-16(2)23-15)13-17-6-8-21(9-7-17)14-18-4-3-5-19(20)10-18/h3-5,10,15-17H,6-9,11-14,20H2,1-2H3. The van der Waals surface area contributed by atoms with E-state index in [0.717, 1.165) is 31.2 Å². The van der Waals surface area contributed by atoms with E-state index >= 15 is 0 Å². The molecule has 2 aliphatic rings. The lowest BCUT2D eigenvalue weighted by Gasteiger charge is -2.39. The van der Waals surface area contributed by atoms with Crippen molar-refractivity contribution in [1.29, 1.82) is 0 Å². The average molecular weight is 317 g/mol. The van der Waals surface area contributed by atoms with Crippen LogP contribution in [0.5, 0.6) is 0 Å². The van der Waals surface area contributed by atoms with E-state index in [9.17, 15) is 0 Å². The van der Waals surface area contributed by atoms with Gasteiger partial charge in [-0.05, 0) is 63.4 Å². The van der Waals surface area contributed by atoms with Gasteiger partial charge in [0.1, 0.15) is 0 Å². The van der Waals surface area contributed by atoms with Gasteiger partial charge < -0.3 is 10.5 Å². The van der Waals surface area contributed by atoms with Gasteiger partial charge in [-0.1, -0.05) is 12.1 Å². The molecule has 2 atom stereocenters. The second kappa shape index (κ2) is 7.65. The Morgan fingerprint density at radius 3 is 2.43 bits per heavy atom. The molecule has 1 aromatic carbocycles. The Balaban J connectivity index is 1.43. The normalized spacial score (nSPS) is 28.1. The van der Waals surface area contributed by atoms with E-state index in [1.165, 1.54) is 38.0 Å². The van der Waals surface area contributed by atoms with Crippen molar-refractivity contribution in [2.24, 2.45) is 5.92 Å². The lowest BCUT2D eigenvalue weighted by molar-refractivity contribution is -0.0732. The van der Waals surface area contributed by atoms with Crippen molar-refractivity contribution < 1.29 is 4.74 Å². The highest BCUT2D eigenvalue weighted by molar-refractivity contribution is 5.40. The first-order valence-corrected chi connectivity index (χ1v) is 9.03. The fourth-order valence-corrected chi connectivity index (χ4v) is 4.08. The van der Waals surface area contributed by atoms with E-state index in [2.05, 4.69) is 41.8 Å². The van der Waals surface area contributed by atoms with E-state index in [1.807, 2.05) is 6.07 Å². The van der Waals surface area contributed by atoms with Crippen LogP contribution in [0.25, 0.3) is 0 Å². The summed E-state index contributed by atoms with van der Waals surface area (Å²) in [6.07, 6.45) is 3.37. The molecule has 2 N–H and O–H groups in total. The molecule has 0 spiro atoms. The van der Waals surface area contributed by atoms with Crippen LogP contribution in [-0.2, 0) is 11.3 Å². The Morgan fingerprint density at radius 1 is 1.09 bits per heavy atom. The summed E-state index contributed by atoms with van der Waals surface area (Å²) in [4.78, 5) is 5.17. The zero-order valence-electron chi connectivity index (χ0n) is 14.6. The van der Waals surface area contributed by atoms with Gasteiger partial charge in [-0.2, -0.15) is 0 Å². The minimum atomic E-state index is 0.377. The molecule has 2 aliphatic heterocycles. The van der Waals surface area contributed by atoms with Crippen molar-refractivity contribution in [3.63, 3.8) is 0 Å². The number of nitrogens with two attached hydrogens (primary N) is 1. The SMILES string of the molecule is CC1CN(CC2CCN(Cc3cccc(N)c3)CC2)CC(C)O1. The second-order valence-electron chi connectivity index (χ2n) is 7.44.